The zero-order chi connectivity index (χ0) is 84.7. The maximum atomic E-state index is 11.4. The van der Waals surface area contributed by atoms with Crippen molar-refractivity contribution in [2.75, 3.05) is 26.4 Å². The SMILES string of the molecule is CC1(C)O[C@H]2[C@@H](O1)[C@H](n1ccc3c(Cl)ncnc31)O[C@@H]2[C@@H]1OCCc2cc(Cl)ccc21.CC1(C)O[C@H]2[C@@H](O1)[C@H](n1ccc3c(Cl)ncnc31)O[C@@H]2[C@H](O)c1ccc(Cl)cc1CCO.Cc1ncnc2c1ccn2[C@@H]1O[C@H]([C@@H]2OCCc3cc(Cl)ccc32)[C@@H](O)[C@H]1O.Cc1ncnc2c1ccn2[C@@H]1O[C@H]([C@@H]2OCCc3cc(Cl)ccc32)[C@H]2OC(C)(C)O[C@H]21. The van der Waals surface area contributed by atoms with E-state index in [2.05, 4.69) is 39.9 Å². The molecule has 4 N–H and O–H groups in total. The Morgan fingerprint density at radius 1 is 0.393 bits per heavy atom. The summed E-state index contributed by atoms with van der Waals surface area (Å²) in [6.45, 7) is 16.9. The highest BCUT2D eigenvalue weighted by atomic mass is 35.5. The molecule has 12 aromatic rings. The number of fused-ring (bicyclic) bond motifs is 10. The van der Waals surface area contributed by atoms with Crippen LogP contribution in [0.1, 0.15) is 147 Å². The second-order valence-electron chi connectivity index (χ2n) is 33.1. The first-order chi connectivity index (χ1) is 58.6. The molecule has 0 unspecified atom stereocenters. The molecule has 0 bridgehead atoms. The van der Waals surface area contributed by atoms with Gasteiger partial charge in [0.25, 0.3) is 0 Å². The summed E-state index contributed by atoms with van der Waals surface area (Å²) in [6.07, 6.45) is 5.40. The molecule has 122 heavy (non-hydrogen) atoms. The minimum absolute atomic E-state index is 0.0667. The fourth-order valence-corrected chi connectivity index (χ4v) is 20.0. The Balaban J connectivity index is 0.000000107. The second kappa shape index (κ2) is 33.3. The predicted octanol–water partition coefficient (Wildman–Crippen LogP) is 14.3. The summed E-state index contributed by atoms with van der Waals surface area (Å²) in [5.41, 5.74) is 12.5. The summed E-state index contributed by atoms with van der Waals surface area (Å²) >= 11 is 37.2. The highest BCUT2D eigenvalue weighted by Crippen LogP contribution is 2.54. The van der Waals surface area contributed by atoms with Crippen LogP contribution in [-0.2, 0) is 87.3 Å². The molecule has 22 rings (SSSR count). The molecule has 0 saturated carbocycles. The van der Waals surface area contributed by atoms with Gasteiger partial charge in [-0.05, 0) is 198 Å². The zero-order valence-corrected chi connectivity index (χ0v) is 71.8. The normalized spacial score (nSPS) is 30.2. The topological polar surface area (TPSA) is 324 Å². The van der Waals surface area contributed by atoms with Crippen molar-refractivity contribution < 1.29 is 82.0 Å². The van der Waals surface area contributed by atoms with E-state index in [9.17, 15) is 20.4 Å². The third kappa shape index (κ3) is 15.6. The first-order valence-electron chi connectivity index (χ1n) is 40.5. The average molecular weight is 1790 g/mol. The van der Waals surface area contributed by atoms with Gasteiger partial charge in [-0.2, -0.15) is 0 Å². The summed E-state index contributed by atoms with van der Waals surface area (Å²) < 4.78 is 89.3. The lowest BCUT2D eigenvalue weighted by Crippen LogP contribution is -2.37. The highest BCUT2D eigenvalue weighted by molar-refractivity contribution is 6.34. The lowest BCUT2D eigenvalue weighted by Gasteiger charge is -2.33. The highest BCUT2D eigenvalue weighted by Gasteiger charge is 2.62. The largest absolute Gasteiger partial charge is 0.396 e. The Bertz CT molecular complexity index is 5760. The molecule has 29 nitrogen and oxygen atoms in total. The number of benzene rings is 4. The standard InChI is InChI=1S/C23H24ClN3O4.C22H23Cl2N3O5.C22H21Cl2N3O4.C20H20ClN3O4/c1-12-15-6-8-27(21(15)26-11-25-12)22-20-19(30-23(2,3)31-20)18(29-22)17-16-5-4-14(24)10-13(16)7-9-28-17;1-22(2)31-17-16(15(29)13-4-3-12(23)9-11(13)6-8-28)30-21(18(17)32-22)27-7-5-14-19(24)25-10-26-20(14)27;1-22(2)30-17-16(15-13-4-3-12(23)9-11(13)6-8-28-15)29-21(18(17)31-22)27-7-5-14-19(24)25-10-26-20(14)27;1-10-13-4-6-24(19(13)23-9-22-10)20-16(26)15(25)18(28-20)17-14-3-2-12(21)8-11(14)5-7-27-17/h4-6,8,10-11,17-20,22H,7,9H2,1-3H3;3-5,7,9-10,15-18,21,28-29H,6,8H2,1-2H3;3-5,7,9-10,15-18,21H,6,8H2,1-2H3;2-4,6,8-9,15-18,20,25-26H,5,7H2,1H3/t17-,18-,19-,20-,22-;2*15-,16-,17-,18-,21-;15-,16+,17+,18-,20+/m1110/s1. The fraction of sp³-hybridized carbons (Fsp3) is 0.448. The molecular formula is C87H88Cl6N12O17. The maximum Gasteiger partial charge on any atom is 0.164 e. The fourth-order valence-electron chi connectivity index (χ4n) is 18.9. The number of nitrogens with zero attached hydrogens (tertiary/aromatic N) is 12. The monoisotopic (exact) mass is 1780 g/mol. The molecule has 4 aromatic carbocycles. The average Bonchev–Trinajstić information content (AvgIpc) is 1.59. The summed E-state index contributed by atoms with van der Waals surface area (Å²) in [6, 6.07) is 30.3. The molecule has 0 radical (unpaired) electrons. The zero-order valence-electron chi connectivity index (χ0n) is 67.3. The van der Waals surface area contributed by atoms with Crippen LogP contribution in [-0.4, -0.2) is 196 Å². The number of hydrogen-bond acceptors (Lipinski definition) is 25. The summed E-state index contributed by atoms with van der Waals surface area (Å²) in [5.74, 6) is -2.29. The quantitative estimate of drug-likeness (QED) is 0.0874. The number of halogens is 6. The summed E-state index contributed by atoms with van der Waals surface area (Å²) in [7, 11) is 0. The second-order valence-corrected chi connectivity index (χ2v) is 35.6. The van der Waals surface area contributed by atoms with Crippen LogP contribution in [0.25, 0.3) is 44.1 Å². The Labute approximate surface area is 730 Å². The molecule has 7 fully saturated rings. The Hall–Kier alpha value is -7.58. The van der Waals surface area contributed by atoms with Gasteiger partial charge in [-0.25, -0.2) is 39.9 Å². The third-order valence-electron chi connectivity index (χ3n) is 24.2. The minimum atomic E-state index is -1.11. The first-order valence-corrected chi connectivity index (χ1v) is 42.7. The Morgan fingerprint density at radius 2 is 0.746 bits per heavy atom. The number of aryl methyl sites for hydroxylation is 2. The van der Waals surface area contributed by atoms with Gasteiger partial charge < -0.3 is 100 Å². The molecule has 10 aliphatic heterocycles. The van der Waals surface area contributed by atoms with Crippen LogP contribution in [0.5, 0.6) is 0 Å². The van der Waals surface area contributed by atoms with Crippen molar-refractivity contribution in [3.63, 3.8) is 0 Å². The van der Waals surface area contributed by atoms with E-state index < -0.39 is 84.9 Å². The maximum absolute atomic E-state index is 11.4. The van der Waals surface area contributed by atoms with Crippen molar-refractivity contribution in [3.05, 3.63) is 233 Å². The van der Waals surface area contributed by atoms with Gasteiger partial charge in [-0.15, -0.1) is 0 Å². The van der Waals surface area contributed by atoms with Crippen molar-refractivity contribution >= 4 is 114 Å². The van der Waals surface area contributed by atoms with Crippen LogP contribution in [0.3, 0.4) is 0 Å². The van der Waals surface area contributed by atoms with Gasteiger partial charge in [-0.1, -0.05) is 93.9 Å². The Kier molecular flexibility index (Phi) is 22.9. The summed E-state index contributed by atoms with van der Waals surface area (Å²) in [4.78, 5) is 34.2. The van der Waals surface area contributed by atoms with Gasteiger partial charge >= 0.3 is 0 Å². The van der Waals surface area contributed by atoms with Gasteiger partial charge in [0.15, 0.2) is 42.3 Å². The van der Waals surface area contributed by atoms with Crippen LogP contribution < -0.4 is 0 Å². The Morgan fingerprint density at radius 3 is 1.19 bits per heavy atom. The molecular weight excluding hydrogens is 1700 g/mol. The van der Waals surface area contributed by atoms with E-state index >= 15 is 0 Å². The molecule has 10 aliphatic rings. The van der Waals surface area contributed by atoms with Crippen molar-refractivity contribution in [2.24, 2.45) is 0 Å². The number of aromatic nitrogens is 12. The molecule has 0 spiro atoms. The number of aliphatic hydroxyl groups excluding tert-OH is 4. The van der Waals surface area contributed by atoms with Crippen LogP contribution in [0, 0.1) is 13.8 Å². The number of hydrogen-bond donors (Lipinski definition) is 4. The van der Waals surface area contributed by atoms with Crippen LogP contribution in [0.15, 0.2) is 147 Å². The molecule has 0 amide bonds. The lowest BCUT2D eigenvalue weighted by molar-refractivity contribution is -0.212. The first kappa shape index (κ1) is 83.9. The molecule has 35 heteroatoms. The number of rotatable bonds is 11. The predicted molar refractivity (Wildman–Crippen MR) is 447 cm³/mol. The van der Waals surface area contributed by atoms with E-state index in [0.717, 1.165) is 90.3 Å². The van der Waals surface area contributed by atoms with E-state index in [4.69, 9.17) is 131 Å². The van der Waals surface area contributed by atoms with Crippen molar-refractivity contribution in [2.45, 2.75) is 221 Å². The van der Waals surface area contributed by atoms with Crippen LogP contribution in [0.2, 0.25) is 30.4 Å². The molecule has 8 aromatic heterocycles. The van der Waals surface area contributed by atoms with E-state index in [1.165, 1.54) is 30.1 Å². The van der Waals surface area contributed by atoms with Crippen molar-refractivity contribution in [3.8, 4) is 0 Å². The molecule has 20 atom stereocenters. The number of ether oxygens (including phenoxy) is 13. The molecule has 640 valence electrons. The molecule has 7 saturated heterocycles. The van der Waals surface area contributed by atoms with Crippen LogP contribution in [0.4, 0.5) is 0 Å². The van der Waals surface area contributed by atoms with Gasteiger partial charge in [-0.3, -0.25) is 0 Å². The van der Waals surface area contributed by atoms with Crippen LogP contribution >= 0.6 is 69.6 Å². The minimum Gasteiger partial charge on any atom is -0.396 e. The van der Waals surface area contributed by atoms with Gasteiger partial charge in [0.1, 0.15) is 156 Å². The lowest BCUT2D eigenvalue weighted by atomic mass is 9.92. The van der Waals surface area contributed by atoms with Crippen molar-refractivity contribution in [1.29, 1.82) is 0 Å². The summed E-state index contributed by atoms with van der Waals surface area (Å²) in [5, 5.41) is 49.1. The third-order valence-corrected chi connectivity index (χ3v) is 25.7. The van der Waals surface area contributed by atoms with E-state index in [-0.39, 0.29) is 61.7 Å². The number of aliphatic hydroxyl groups is 4. The van der Waals surface area contributed by atoms with Gasteiger partial charge in [0.05, 0.1) is 42.0 Å². The van der Waals surface area contributed by atoms with Gasteiger partial charge in [0.2, 0.25) is 0 Å². The molecule has 18 heterocycles. The van der Waals surface area contributed by atoms with E-state index in [1.807, 2.05) is 160 Å². The van der Waals surface area contributed by atoms with Gasteiger partial charge in [0, 0.05) is 62.3 Å². The van der Waals surface area contributed by atoms with E-state index in [0.29, 0.717) is 74.5 Å². The smallest absolute Gasteiger partial charge is 0.164 e. The van der Waals surface area contributed by atoms with E-state index in [1.54, 1.807) is 41.4 Å². The van der Waals surface area contributed by atoms with Crippen molar-refractivity contribution in [1.82, 2.24) is 58.1 Å². The molecule has 0 aliphatic carbocycles.